The topological polar surface area (TPSA) is 44.1 Å². The van der Waals surface area contributed by atoms with Crippen molar-refractivity contribution in [3.8, 4) is 0 Å². The number of ether oxygens (including phenoxy) is 1. The normalized spacial score (nSPS) is 11.1. The molecule has 1 aromatic rings. The van der Waals surface area contributed by atoms with Crippen LogP contribution in [0.25, 0.3) is 0 Å². The fourth-order valence-electron chi connectivity index (χ4n) is 1.18. The van der Waals surface area contributed by atoms with E-state index in [0.717, 1.165) is 13.0 Å². The summed E-state index contributed by atoms with van der Waals surface area (Å²) in [6.45, 7) is 6.02. The van der Waals surface area contributed by atoms with Gasteiger partial charge in [-0.3, -0.25) is 4.79 Å². The fraction of sp³-hybridized carbons (Fsp3) is 0.636. The summed E-state index contributed by atoms with van der Waals surface area (Å²) in [6, 6.07) is 0. The van der Waals surface area contributed by atoms with Gasteiger partial charge in [-0.2, -0.15) is 5.10 Å². The van der Waals surface area contributed by atoms with Crippen LogP contribution in [0.2, 0.25) is 0 Å². The summed E-state index contributed by atoms with van der Waals surface area (Å²) in [5, 5.41) is 4.02. The van der Waals surface area contributed by atoms with E-state index in [1.165, 1.54) is 4.68 Å². The van der Waals surface area contributed by atoms with Crippen LogP contribution in [0.3, 0.4) is 0 Å². The molecule has 0 aliphatic heterocycles. The molecule has 0 saturated carbocycles. The number of aromatic nitrogens is 2. The van der Waals surface area contributed by atoms with E-state index in [9.17, 15) is 4.79 Å². The molecule has 0 atom stereocenters. The van der Waals surface area contributed by atoms with Crippen molar-refractivity contribution in [1.29, 1.82) is 0 Å². The van der Waals surface area contributed by atoms with Gasteiger partial charge in [0, 0.05) is 6.61 Å². The first-order chi connectivity index (χ1) is 8.02. The SMILES string of the molecule is CC(C)CCOCCn1ncc(Br)c(Br)c1=O. The number of halogens is 2. The van der Waals surface area contributed by atoms with E-state index in [4.69, 9.17) is 4.74 Å². The van der Waals surface area contributed by atoms with Crippen LogP contribution in [0.4, 0.5) is 0 Å². The molecule has 0 aliphatic rings. The molecule has 96 valence electrons. The minimum atomic E-state index is -0.146. The molecule has 0 spiro atoms. The van der Waals surface area contributed by atoms with E-state index < -0.39 is 0 Å². The Kier molecular flexibility index (Phi) is 6.37. The van der Waals surface area contributed by atoms with Crippen molar-refractivity contribution in [2.75, 3.05) is 13.2 Å². The molecule has 17 heavy (non-hydrogen) atoms. The molecule has 0 unspecified atom stereocenters. The predicted octanol–water partition coefficient (Wildman–Crippen LogP) is 2.83. The average molecular weight is 368 g/mol. The third kappa shape index (κ3) is 4.89. The maximum absolute atomic E-state index is 11.7. The van der Waals surface area contributed by atoms with Gasteiger partial charge in [-0.15, -0.1) is 0 Å². The zero-order valence-electron chi connectivity index (χ0n) is 9.95. The average Bonchev–Trinajstić information content (AvgIpc) is 2.28. The second kappa shape index (κ2) is 7.28. The largest absolute Gasteiger partial charge is 0.380 e. The summed E-state index contributed by atoms with van der Waals surface area (Å²) in [7, 11) is 0. The first-order valence-electron chi connectivity index (χ1n) is 5.51. The quantitative estimate of drug-likeness (QED) is 0.726. The highest BCUT2D eigenvalue weighted by Gasteiger charge is 2.06. The molecule has 0 fully saturated rings. The molecule has 1 aromatic heterocycles. The highest BCUT2D eigenvalue weighted by Crippen LogP contribution is 2.16. The molecule has 1 heterocycles. The second-order valence-electron chi connectivity index (χ2n) is 4.13. The Labute approximate surface area is 118 Å². The monoisotopic (exact) mass is 366 g/mol. The highest BCUT2D eigenvalue weighted by molar-refractivity contribution is 9.13. The van der Waals surface area contributed by atoms with Gasteiger partial charge in [0.15, 0.2) is 0 Å². The summed E-state index contributed by atoms with van der Waals surface area (Å²) in [5.41, 5.74) is -0.146. The lowest BCUT2D eigenvalue weighted by Gasteiger charge is -2.08. The van der Waals surface area contributed by atoms with E-state index in [1.54, 1.807) is 6.20 Å². The van der Waals surface area contributed by atoms with Gasteiger partial charge in [0.05, 0.1) is 23.8 Å². The summed E-state index contributed by atoms with van der Waals surface area (Å²) in [5.74, 6) is 0.637. The fourth-order valence-corrected chi connectivity index (χ4v) is 1.74. The lowest BCUT2D eigenvalue weighted by atomic mass is 10.1. The molecular weight excluding hydrogens is 352 g/mol. The highest BCUT2D eigenvalue weighted by atomic mass is 79.9. The van der Waals surface area contributed by atoms with Crippen LogP contribution in [0.15, 0.2) is 19.9 Å². The molecule has 4 nitrogen and oxygen atoms in total. The van der Waals surface area contributed by atoms with Crippen molar-refractivity contribution in [3.63, 3.8) is 0 Å². The lowest BCUT2D eigenvalue weighted by Crippen LogP contribution is -2.25. The minimum absolute atomic E-state index is 0.146. The molecule has 0 aromatic carbocycles. The molecule has 0 bridgehead atoms. The van der Waals surface area contributed by atoms with E-state index in [1.807, 2.05) is 0 Å². The first-order valence-corrected chi connectivity index (χ1v) is 7.10. The standard InChI is InChI=1S/C11H16Br2N2O2/c1-8(2)3-5-17-6-4-15-11(16)10(13)9(12)7-14-15/h7-8H,3-6H2,1-2H3. The van der Waals surface area contributed by atoms with E-state index in [0.29, 0.717) is 28.0 Å². The smallest absolute Gasteiger partial charge is 0.282 e. The van der Waals surface area contributed by atoms with Crippen molar-refractivity contribution in [2.45, 2.75) is 26.8 Å². The van der Waals surface area contributed by atoms with Gasteiger partial charge in [-0.25, -0.2) is 4.68 Å². The van der Waals surface area contributed by atoms with Crippen LogP contribution >= 0.6 is 31.9 Å². The van der Waals surface area contributed by atoms with Gasteiger partial charge in [-0.05, 0) is 44.2 Å². The van der Waals surface area contributed by atoms with Gasteiger partial charge >= 0.3 is 0 Å². The maximum Gasteiger partial charge on any atom is 0.282 e. The van der Waals surface area contributed by atoms with Crippen molar-refractivity contribution in [3.05, 3.63) is 25.5 Å². The predicted molar refractivity (Wildman–Crippen MR) is 74.2 cm³/mol. The Hall–Kier alpha value is -0.200. The van der Waals surface area contributed by atoms with E-state index >= 15 is 0 Å². The molecular formula is C11H16Br2N2O2. The maximum atomic E-state index is 11.7. The van der Waals surface area contributed by atoms with Crippen molar-refractivity contribution in [2.24, 2.45) is 5.92 Å². The van der Waals surface area contributed by atoms with E-state index in [2.05, 4.69) is 50.8 Å². The molecule has 0 aliphatic carbocycles. The van der Waals surface area contributed by atoms with Crippen molar-refractivity contribution in [1.82, 2.24) is 9.78 Å². The molecule has 0 radical (unpaired) electrons. The molecule has 6 heteroatoms. The Balaban J connectivity index is 2.43. The minimum Gasteiger partial charge on any atom is -0.380 e. The Bertz CT molecular complexity index is 418. The van der Waals surface area contributed by atoms with Crippen LogP contribution in [-0.2, 0) is 11.3 Å². The Morgan fingerprint density at radius 1 is 1.41 bits per heavy atom. The van der Waals surface area contributed by atoms with Crippen molar-refractivity contribution >= 4 is 31.9 Å². The van der Waals surface area contributed by atoms with Crippen LogP contribution in [-0.4, -0.2) is 23.0 Å². The number of nitrogens with zero attached hydrogens (tertiary/aromatic N) is 2. The number of rotatable bonds is 6. The van der Waals surface area contributed by atoms with Gasteiger partial charge < -0.3 is 4.74 Å². The molecule has 0 amide bonds. The van der Waals surface area contributed by atoms with Crippen molar-refractivity contribution < 1.29 is 4.74 Å². The molecule has 1 rings (SSSR count). The Morgan fingerprint density at radius 2 is 2.12 bits per heavy atom. The van der Waals surface area contributed by atoms with Crippen LogP contribution in [0, 0.1) is 5.92 Å². The second-order valence-corrected chi connectivity index (χ2v) is 5.78. The van der Waals surface area contributed by atoms with Gasteiger partial charge in [0.1, 0.15) is 4.47 Å². The zero-order chi connectivity index (χ0) is 12.8. The van der Waals surface area contributed by atoms with Gasteiger partial charge in [0.25, 0.3) is 5.56 Å². The Morgan fingerprint density at radius 3 is 2.76 bits per heavy atom. The molecule has 0 N–H and O–H groups in total. The summed E-state index contributed by atoms with van der Waals surface area (Å²) >= 11 is 6.45. The molecule has 0 saturated heterocycles. The third-order valence-electron chi connectivity index (χ3n) is 2.23. The van der Waals surface area contributed by atoms with Crippen LogP contribution in [0.5, 0.6) is 0 Å². The third-order valence-corrected chi connectivity index (χ3v) is 4.13. The number of hydrogen-bond acceptors (Lipinski definition) is 3. The van der Waals surface area contributed by atoms with Crippen LogP contribution in [0.1, 0.15) is 20.3 Å². The van der Waals surface area contributed by atoms with Gasteiger partial charge in [0.2, 0.25) is 0 Å². The summed E-state index contributed by atoms with van der Waals surface area (Å²) in [4.78, 5) is 11.7. The van der Waals surface area contributed by atoms with E-state index in [-0.39, 0.29) is 5.56 Å². The summed E-state index contributed by atoms with van der Waals surface area (Å²) in [6.07, 6.45) is 2.63. The van der Waals surface area contributed by atoms with Crippen LogP contribution < -0.4 is 5.56 Å². The zero-order valence-corrected chi connectivity index (χ0v) is 13.1. The summed E-state index contributed by atoms with van der Waals surface area (Å²) < 4.78 is 8.00. The lowest BCUT2D eigenvalue weighted by molar-refractivity contribution is 0.113. The first kappa shape index (κ1) is 14.9. The number of hydrogen-bond donors (Lipinski definition) is 0. The van der Waals surface area contributed by atoms with Gasteiger partial charge in [-0.1, -0.05) is 13.8 Å².